The number of carbonyl (C=O) groups is 1. The van der Waals surface area contributed by atoms with Gasteiger partial charge in [-0.15, -0.1) is 10.2 Å². The number of carboxylic acids is 1. The highest BCUT2D eigenvalue weighted by Crippen LogP contribution is 2.31. The van der Waals surface area contributed by atoms with Crippen LogP contribution in [0.1, 0.15) is 16.1 Å². The van der Waals surface area contributed by atoms with Gasteiger partial charge in [-0.25, -0.2) is 9.78 Å². The van der Waals surface area contributed by atoms with Crippen LogP contribution in [0.3, 0.4) is 0 Å². The Hall–Kier alpha value is -3.22. The summed E-state index contributed by atoms with van der Waals surface area (Å²) < 4.78 is 6.82. The number of carboxylic acid groups (broad SMARTS) is 1. The summed E-state index contributed by atoms with van der Waals surface area (Å²) in [5.74, 6) is -0.430. The number of aromatic nitrogens is 2. The number of pyridine rings is 1. The van der Waals surface area contributed by atoms with E-state index in [4.69, 9.17) is 4.74 Å². The van der Waals surface area contributed by atoms with Crippen molar-refractivity contribution >= 4 is 23.1 Å². The summed E-state index contributed by atoms with van der Waals surface area (Å²) >= 11 is 0. The maximum atomic E-state index is 11.4. The third kappa shape index (κ3) is 2.76. The second kappa shape index (κ2) is 5.88. The van der Waals surface area contributed by atoms with E-state index < -0.39 is 5.97 Å². The van der Waals surface area contributed by atoms with Crippen LogP contribution in [0, 0.1) is 6.92 Å². The van der Waals surface area contributed by atoms with Crippen molar-refractivity contribution in [2.24, 2.45) is 10.2 Å². The largest absolute Gasteiger partial charge is 0.494 e. The van der Waals surface area contributed by atoms with E-state index in [-0.39, 0.29) is 11.5 Å². The summed E-state index contributed by atoms with van der Waals surface area (Å²) in [6.07, 6.45) is 1.69. The van der Waals surface area contributed by atoms with Crippen molar-refractivity contribution in [1.29, 1.82) is 0 Å². The van der Waals surface area contributed by atoms with Gasteiger partial charge in [-0.1, -0.05) is 12.1 Å². The molecule has 1 aromatic carbocycles. The van der Waals surface area contributed by atoms with Crippen LogP contribution < -0.4 is 4.74 Å². The third-order valence-corrected chi connectivity index (χ3v) is 3.29. The Morgan fingerprint density at radius 1 is 1.26 bits per heavy atom. The van der Waals surface area contributed by atoms with E-state index in [1.165, 1.54) is 0 Å². The number of nitrogens with zero attached hydrogens (tertiary/aromatic N) is 4. The summed E-state index contributed by atoms with van der Waals surface area (Å²) in [6.45, 7) is 1.93. The van der Waals surface area contributed by atoms with E-state index in [9.17, 15) is 9.90 Å². The van der Waals surface area contributed by atoms with Gasteiger partial charge in [0, 0.05) is 6.20 Å². The molecule has 0 amide bonds. The molecule has 2 aromatic heterocycles. The van der Waals surface area contributed by atoms with Crippen LogP contribution in [-0.4, -0.2) is 27.6 Å². The first-order valence-electron chi connectivity index (χ1n) is 6.87. The quantitative estimate of drug-likeness (QED) is 0.743. The zero-order chi connectivity index (χ0) is 16.4. The Morgan fingerprint density at radius 2 is 2.09 bits per heavy atom. The van der Waals surface area contributed by atoms with Crippen LogP contribution in [-0.2, 0) is 0 Å². The molecule has 0 fully saturated rings. The molecule has 0 saturated carbocycles. The molecule has 7 heteroatoms. The molecule has 0 atom stereocenters. The first kappa shape index (κ1) is 14.7. The second-order valence-electron chi connectivity index (χ2n) is 4.89. The van der Waals surface area contributed by atoms with E-state index in [1.807, 2.05) is 19.1 Å². The number of hydrogen-bond donors (Lipinski definition) is 1. The lowest BCUT2D eigenvalue weighted by Crippen LogP contribution is -1.96. The molecular weight excluding hydrogens is 296 g/mol. The maximum absolute atomic E-state index is 11.4. The number of methoxy groups -OCH3 is 1. The maximum Gasteiger partial charge on any atom is 0.358 e. The van der Waals surface area contributed by atoms with Crippen molar-refractivity contribution in [3.05, 3.63) is 53.9 Å². The van der Waals surface area contributed by atoms with Gasteiger partial charge >= 0.3 is 5.97 Å². The zero-order valence-corrected chi connectivity index (χ0v) is 12.6. The third-order valence-electron chi connectivity index (χ3n) is 3.29. The fourth-order valence-electron chi connectivity index (χ4n) is 2.20. The van der Waals surface area contributed by atoms with Gasteiger partial charge in [0.1, 0.15) is 17.1 Å². The zero-order valence-electron chi connectivity index (χ0n) is 12.6. The van der Waals surface area contributed by atoms with Crippen LogP contribution >= 0.6 is 0 Å². The standard InChI is InChI=1S/C16H14N4O3/c1-10-6-7-12(23-2)11(9-10)18-19-15-14(16(21)22)17-13-5-3-4-8-20(13)15/h3-9H,1-2H3,(H,21,22). The van der Waals surface area contributed by atoms with Gasteiger partial charge < -0.3 is 9.84 Å². The summed E-state index contributed by atoms with van der Waals surface area (Å²) in [5.41, 5.74) is 1.87. The molecule has 3 rings (SSSR count). The minimum absolute atomic E-state index is 0.147. The molecule has 1 N–H and O–H groups in total. The van der Waals surface area contributed by atoms with Crippen LogP contribution in [0.4, 0.5) is 11.5 Å². The molecule has 7 nitrogen and oxygen atoms in total. The van der Waals surface area contributed by atoms with Crippen molar-refractivity contribution in [2.75, 3.05) is 7.11 Å². The van der Waals surface area contributed by atoms with Crippen LogP contribution in [0.2, 0.25) is 0 Å². The molecule has 0 aliphatic heterocycles. The van der Waals surface area contributed by atoms with Gasteiger partial charge in [-0.05, 0) is 36.8 Å². The highest BCUT2D eigenvalue weighted by atomic mass is 16.5. The first-order valence-corrected chi connectivity index (χ1v) is 6.87. The molecule has 0 unspecified atom stereocenters. The lowest BCUT2D eigenvalue weighted by molar-refractivity contribution is 0.0692. The number of ether oxygens (including phenoxy) is 1. The van der Waals surface area contributed by atoms with Crippen molar-refractivity contribution in [3.63, 3.8) is 0 Å². The SMILES string of the molecule is COc1ccc(C)cc1N=Nc1c(C(=O)O)nc2ccccn12. The van der Waals surface area contributed by atoms with Gasteiger partial charge in [0.2, 0.25) is 0 Å². The number of aryl methyl sites for hydroxylation is 1. The Kier molecular flexibility index (Phi) is 3.76. The van der Waals surface area contributed by atoms with E-state index in [2.05, 4.69) is 15.2 Å². The van der Waals surface area contributed by atoms with Gasteiger partial charge in [-0.2, -0.15) is 0 Å². The number of rotatable bonds is 4. The van der Waals surface area contributed by atoms with Crippen molar-refractivity contribution < 1.29 is 14.6 Å². The molecule has 0 saturated heterocycles. The van der Waals surface area contributed by atoms with Crippen molar-refractivity contribution in [1.82, 2.24) is 9.38 Å². The Bertz CT molecular complexity index is 915. The lowest BCUT2D eigenvalue weighted by atomic mass is 10.2. The molecule has 0 bridgehead atoms. The monoisotopic (exact) mass is 310 g/mol. The number of hydrogen-bond acceptors (Lipinski definition) is 5. The van der Waals surface area contributed by atoms with Crippen molar-refractivity contribution in [2.45, 2.75) is 6.92 Å². The van der Waals surface area contributed by atoms with Gasteiger partial charge in [0.25, 0.3) is 0 Å². The number of fused-ring (bicyclic) bond motifs is 1. The predicted octanol–water partition coefficient (Wildman–Crippen LogP) is 3.76. The fraction of sp³-hybridized carbons (Fsp3) is 0.125. The molecule has 116 valence electrons. The Labute approximate surface area is 131 Å². The number of benzene rings is 1. The molecule has 0 radical (unpaired) electrons. The van der Waals surface area contributed by atoms with Gasteiger partial charge in [0.05, 0.1) is 7.11 Å². The topological polar surface area (TPSA) is 88.5 Å². The van der Waals surface area contributed by atoms with E-state index >= 15 is 0 Å². The van der Waals surface area contributed by atoms with E-state index in [1.54, 1.807) is 42.0 Å². The Balaban J connectivity index is 2.13. The second-order valence-corrected chi connectivity index (χ2v) is 4.89. The molecule has 0 aliphatic carbocycles. The average Bonchev–Trinajstić information content (AvgIpc) is 2.92. The first-order chi connectivity index (χ1) is 11.1. The highest BCUT2D eigenvalue weighted by molar-refractivity contribution is 5.91. The molecule has 3 aromatic rings. The summed E-state index contributed by atoms with van der Waals surface area (Å²) in [4.78, 5) is 15.4. The number of aromatic carboxylic acids is 1. The number of imidazole rings is 1. The van der Waals surface area contributed by atoms with Crippen LogP contribution in [0.15, 0.2) is 52.8 Å². The smallest absolute Gasteiger partial charge is 0.358 e. The molecular formula is C16H14N4O3. The highest BCUT2D eigenvalue weighted by Gasteiger charge is 2.18. The van der Waals surface area contributed by atoms with Crippen LogP contribution in [0.5, 0.6) is 5.75 Å². The summed E-state index contributed by atoms with van der Waals surface area (Å²) in [7, 11) is 1.54. The molecule has 0 aliphatic rings. The molecule has 0 spiro atoms. The predicted molar refractivity (Wildman–Crippen MR) is 84.1 cm³/mol. The molecule has 2 heterocycles. The minimum atomic E-state index is -1.15. The number of azo groups is 1. The van der Waals surface area contributed by atoms with Crippen molar-refractivity contribution in [3.8, 4) is 5.75 Å². The lowest BCUT2D eigenvalue weighted by Gasteiger charge is -2.04. The average molecular weight is 310 g/mol. The van der Waals surface area contributed by atoms with Gasteiger partial charge in [-0.3, -0.25) is 4.40 Å². The summed E-state index contributed by atoms with van der Waals surface area (Å²) in [6, 6.07) is 10.8. The Morgan fingerprint density at radius 3 is 2.83 bits per heavy atom. The minimum Gasteiger partial charge on any atom is -0.494 e. The summed E-state index contributed by atoms with van der Waals surface area (Å²) in [5, 5.41) is 17.6. The van der Waals surface area contributed by atoms with Gasteiger partial charge in [0.15, 0.2) is 11.5 Å². The van der Waals surface area contributed by atoms with E-state index in [0.717, 1.165) is 5.56 Å². The molecule has 23 heavy (non-hydrogen) atoms. The normalized spacial score (nSPS) is 11.2. The van der Waals surface area contributed by atoms with E-state index in [0.29, 0.717) is 17.1 Å². The fourth-order valence-corrected chi connectivity index (χ4v) is 2.20. The van der Waals surface area contributed by atoms with Crippen LogP contribution in [0.25, 0.3) is 5.65 Å².